The number of hydrogen-bond acceptors (Lipinski definition) is 4. The molecule has 5 heteroatoms. The Hall–Kier alpha value is -2.37. The van der Waals surface area contributed by atoms with Crippen LogP contribution in [0.25, 0.3) is 0 Å². The Labute approximate surface area is 140 Å². The molecule has 0 saturated carbocycles. The van der Waals surface area contributed by atoms with Gasteiger partial charge in [0, 0.05) is 12.2 Å². The van der Waals surface area contributed by atoms with Gasteiger partial charge in [-0.2, -0.15) is 0 Å². The van der Waals surface area contributed by atoms with Crippen LogP contribution in [0.5, 0.6) is 11.5 Å². The molecule has 1 N–H and O–H groups in total. The minimum absolute atomic E-state index is 0.0299. The molecule has 5 nitrogen and oxygen atoms in total. The maximum absolute atomic E-state index is 12.5. The Morgan fingerprint density at radius 2 is 1.88 bits per heavy atom. The number of fused-ring (bicyclic) bond motifs is 1. The minimum atomic E-state index is -0.140. The molecule has 0 spiro atoms. The molecule has 2 aromatic rings. The molecule has 0 unspecified atom stereocenters. The highest BCUT2D eigenvalue weighted by molar-refractivity contribution is 5.94. The van der Waals surface area contributed by atoms with Gasteiger partial charge in [0.25, 0.3) is 5.91 Å². The molecule has 1 amide bonds. The van der Waals surface area contributed by atoms with Crippen molar-refractivity contribution in [2.45, 2.75) is 24.7 Å². The van der Waals surface area contributed by atoms with Gasteiger partial charge in [0.05, 0.1) is 18.8 Å². The van der Waals surface area contributed by atoms with Gasteiger partial charge in [-0.1, -0.05) is 24.3 Å². The maximum atomic E-state index is 12.5. The monoisotopic (exact) mass is 325 g/mol. The van der Waals surface area contributed by atoms with Gasteiger partial charge >= 0.3 is 0 Å². The van der Waals surface area contributed by atoms with E-state index in [0.29, 0.717) is 24.5 Å². The Morgan fingerprint density at radius 3 is 2.75 bits per heavy atom. The van der Waals surface area contributed by atoms with Crippen molar-refractivity contribution in [1.29, 1.82) is 0 Å². The highest BCUT2D eigenvalue weighted by Crippen LogP contribution is 2.27. The molecule has 2 saturated heterocycles. The first-order chi connectivity index (χ1) is 11.8. The van der Waals surface area contributed by atoms with E-state index in [9.17, 15) is 4.79 Å². The fraction of sp³-hybridized carbons (Fsp3) is 0.316. The van der Waals surface area contributed by atoms with E-state index in [1.54, 1.807) is 12.1 Å². The summed E-state index contributed by atoms with van der Waals surface area (Å²) in [6.45, 7) is 1.20. The van der Waals surface area contributed by atoms with Gasteiger partial charge in [-0.3, -0.25) is 4.79 Å². The van der Waals surface area contributed by atoms with Gasteiger partial charge in [-0.05, 0) is 36.8 Å². The van der Waals surface area contributed by atoms with Crippen molar-refractivity contribution in [2.75, 3.05) is 13.2 Å². The van der Waals surface area contributed by atoms with Crippen molar-refractivity contribution < 1.29 is 19.0 Å². The van der Waals surface area contributed by atoms with Crippen LogP contribution in [0, 0.1) is 0 Å². The number of hydrogen-bond donors (Lipinski definition) is 1. The SMILES string of the molecule is O=C(N[C@H]1CO[C@@H]2CCO[C@H]12)c1cccc(Oc2ccccc2)c1. The average molecular weight is 325 g/mol. The topological polar surface area (TPSA) is 56.8 Å². The van der Waals surface area contributed by atoms with Crippen LogP contribution in [0.3, 0.4) is 0 Å². The fourth-order valence-corrected chi connectivity index (χ4v) is 3.17. The normalized spacial score (nSPS) is 25.2. The minimum Gasteiger partial charge on any atom is -0.457 e. The second kappa shape index (κ2) is 6.63. The van der Waals surface area contributed by atoms with Crippen LogP contribution in [0.1, 0.15) is 16.8 Å². The lowest BCUT2D eigenvalue weighted by Gasteiger charge is -2.17. The zero-order valence-corrected chi connectivity index (χ0v) is 13.2. The van der Waals surface area contributed by atoms with Crippen LogP contribution in [0.2, 0.25) is 0 Å². The van der Waals surface area contributed by atoms with E-state index in [1.807, 2.05) is 42.5 Å². The summed E-state index contributed by atoms with van der Waals surface area (Å²) in [4.78, 5) is 12.5. The lowest BCUT2D eigenvalue weighted by molar-refractivity contribution is 0.0656. The first-order valence-corrected chi connectivity index (χ1v) is 8.17. The molecule has 0 aliphatic carbocycles. The number of nitrogens with one attached hydrogen (secondary N) is 1. The van der Waals surface area contributed by atoms with Crippen molar-refractivity contribution >= 4 is 5.91 Å². The number of benzene rings is 2. The summed E-state index contributed by atoms with van der Waals surface area (Å²) in [5, 5.41) is 3.01. The lowest BCUT2D eigenvalue weighted by atomic mass is 10.1. The summed E-state index contributed by atoms with van der Waals surface area (Å²) in [6, 6.07) is 16.6. The van der Waals surface area contributed by atoms with Crippen molar-refractivity contribution in [2.24, 2.45) is 0 Å². The van der Waals surface area contributed by atoms with E-state index in [1.165, 1.54) is 0 Å². The van der Waals surface area contributed by atoms with Crippen molar-refractivity contribution in [1.82, 2.24) is 5.32 Å². The molecule has 2 heterocycles. The molecule has 2 fully saturated rings. The number of carbonyl (C=O) groups is 1. The summed E-state index contributed by atoms with van der Waals surface area (Å²) >= 11 is 0. The summed E-state index contributed by atoms with van der Waals surface area (Å²) in [5.41, 5.74) is 0.560. The van der Waals surface area contributed by atoms with Crippen LogP contribution < -0.4 is 10.1 Å². The smallest absolute Gasteiger partial charge is 0.251 e. The molecular formula is C19H19NO4. The van der Waals surface area contributed by atoms with E-state index in [0.717, 1.165) is 12.2 Å². The van der Waals surface area contributed by atoms with E-state index < -0.39 is 0 Å². The first-order valence-electron chi connectivity index (χ1n) is 8.17. The lowest BCUT2D eigenvalue weighted by Crippen LogP contribution is -2.43. The van der Waals surface area contributed by atoms with E-state index in [4.69, 9.17) is 14.2 Å². The summed E-state index contributed by atoms with van der Waals surface area (Å²) in [6.07, 6.45) is 0.984. The van der Waals surface area contributed by atoms with Gasteiger partial charge in [-0.25, -0.2) is 0 Å². The first kappa shape index (κ1) is 15.2. The number of rotatable bonds is 4. The molecule has 124 valence electrons. The highest BCUT2D eigenvalue weighted by atomic mass is 16.6. The van der Waals surface area contributed by atoms with Gasteiger partial charge in [-0.15, -0.1) is 0 Å². The summed E-state index contributed by atoms with van der Waals surface area (Å²) < 4.78 is 17.1. The van der Waals surface area contributed by atoms with Gasteiger partial charge in [0.1, 0.15) is 17.6 Å². The van der Waals surface area contributed by atoms with Gasteiger partial charge < -0.3 is 19.5 Å². The molecule has 0 aromatic heterocycles. The van der Waals surface area contributed by atoms with Crippen LogP contribution in [0.4, 0.5) is 0 Å². The predicted octanol–water partition coefficient (Wildman–Crippen LogP) is 2.77. The predicted molar refractivity (Wildman–Crippen MR) is 88.3 cm³/mol. The van der Waals surface area contributed by atoms with Crippen molar-refractivity contribution in [3.63, 3.8) is 0 Å². The van der Waals surface area contributed by atoms with Crippen molar-refractivity contribution in [3.05, 3.63) is 60.2 Å². The summed E-state index contributed by atoms with van der Waals surface area (Å²) in [7, 11) is 0. The number of ether oxygens (including phenoxy) is 3. The molecule has 3 atom stereocenters. The van der Waals surface area contributed by atoms with E-state index >= 15 is 0 Å². The highest BCUT2D eigenvalue weighted by Gasteiger charge is 2.42. The van der Waals surface area contributed by atoms with Gasteiger partial charge in [0.15, 0.2) is 0 Å². The zero-order valence-electron chi connectivity index (χ0n) is 13.2. The third kappa shape index (κ3) is 3.13. The van der Waals surface area contributed by atoms with Gasteiger partial charge in [0.2, 0.25) is 0 Å². The maximum Gasteiger partial charge on any atom is 0.251 e. The summed E-state index contributed by atoms with van der Waals surface area (Å²) in [5.74, 6) is 1.23. The molecule has 2 aliphatic rings. The quantitative estimate of drug-likeness (QED) is 0.939. The molecule has 2 aliphatic heterocycles. The number of para-hydroxylation sites is 1. The third-order valence-electron chi connectivity index (χ3n) is 4.36. The molecule has 0 bridgehead atoms. The molecule has 0 radical (unpaired) electrons. The molecular weight excluding hydrogens is 306 g/mol. The number of carbonyl (C=O) groups excluding carboxylic acids is 1. The van der Waals surface area contributed by atoms with Crippen LogP contribution in [-0.2, 0) is 9.47 Å². The second-order valence-corrected chi connectivity index (χ2v) is 6.02. The van der Waals surface area contributed by atoms with Crippen LogP contribution in [0.15, 0.2) is 54.6 Å². The standard InChI is InChI=1S/C19H19NO4/c21-19(20-16-12-23-17-9-10-22-18(16)17)13-5-4-8-15(11-13)24-14-6-2-1-3-7-14/h1-8,11,16-18H,9-10,12H2,(H,20,21)/t16-,17+,18+/m0/s1. The van der Waals surface area contributed by atoms with Crippen LogP contribution in [-0.4, -0.2) is 37.4 Å². The zero-order chi connectivity index (χ0) is 16.4. The number of amides is 1. The molecule has 2 aromatic carbocycles. The Kier molecular flexibility index (Phi) is 4.19. The third-order valence-corrected chi connectivity index (χ3v) is 4.36. The largest absolute Gasteiger partial charge is 0.457 e. The Morgan fingerprint density at radius 1 is 1.04 bits per heavy atom. The van der Waals surface area contributed by atoms with E-state index in [-0.39, 0.29) is 24.2 Å². The Bertz CT molecular complexity index is 718. The average Bonchev–Trinajstić information content (AvgIpc) is 3.21. The molecule has 4 rings (SSSR count). The molecule has 24 heavy (non-hydrogen) atoms. The Balaban J connectivity index is 1.44. The van der Waals surface area contributed by atoms with Crippen molar-refractivity contribution in [3.8, 4) is 11.5 Å². The second-order valence-electron chi connectivity index (χ2n) is 6.02. The fourth-order valence-electron chi connectivity index (χ4n) is 3.17. The van der Waals surface area contributed by atoms with E-state index in [2.05, 4.69) is 5.32 Å². The van der Waals surface area contributed by atoms with Crippen LogP contribution >= 0.6 is 0 Å².